The minimum absolute atomic E-state index is 0.0824. The van der Waals surface area contributed by atoms with E-state index in [1.807, 2.05) is 31.2 Å². The molecule has 2 aromatic carbocycles. The van der Waals surface area contributed by atoms with Crippen LogP contribution in [0.25, 0.3) is 11.4 Å². The Labute approximate surface area is 154 Å². The van der Waals surface area contributed by atoms with E-state index in [4.69, 9.17) is 5.84 Å². The van der Waals surface area contributed by atoms with Crippen molar-refractivity contribution in [3.63, 3.8) is 0 Å². The van der Waals surface area contributed by atoms with Crippen LogP contribution in [0.5, 0.6) is 0 Å². The first-order valence-electron chi connectivity index (χ1n) is 7.90. The van der Waals surface area contributed by atoms with Gasteiger partial charge in [-0.15, -0.1) is 10.2 Å². The molecule has 0 spiro atoms. The van der Waals surface area contributed by atoms with Crippen molar-refractivity contribution >= 4 is 23.4 Å². The molecule has 3 N–H and O–H groups in total. The average molecular weight is 371 g/mol. The molecule has 0 atom stereocenters. The number of aromatic nitrogens is 3. The molecule has 1 aromatic heterocycles. The Bertz CT molecular complexity index is 957. The second kappa shape index (κ2) is 7.57. The minimum atomic E-state index is -0.400. The largest absolute Gasteiger partial charge is 0.335 e. The molecule has 26 heavy (non-hydrogen) atoms. The molecule has 0 saturated heterocycles. The van der Waals surface area contributed by atoms with E-state index in [0.717, 1.165) is 28.5 Å². The van der Waals surface area contributed by atoms with E-state index in [0.29, 0.717) is 16.7 Å². The van der Waals surface area contributed by atoms with Gasteiger partial charge in [0.2, 0.25) is 11.1 Å². The molecule has 1 amide bonds. The number of aryl methyl sites for hydroxylation is 2. The maximum atomic E-state index is 13.3. The molecule has 0 fully saturated rings. The number of hydrogen-bond donors (Lipinski definition) is 2. The molecule has 0 radical (unpaired) electrons. The van der Waals surface area contributed by atoms with Gasteiger partial charge in [-0.05, 0) is 37.6 Å². The quantitative estimate of drug-likeness (QED) is 0.532. The lowest BCUT2D eigenvalue weighted by Gasteiger charge is -2.08. The second-order valence-electron chi connectivity index (χ2n) is 5.84. The van der Waals surface area contributed by atoms with E-state index >= 15 is 0 Å². The van der Waals surface area contributed by atoms with Crippen LogP contribution in [0, 0.1) is 19.7 Å². The summed E-state index contributed by atoms with van der Waals surface area (Å²) in [5, 5.41) is 11.3. The highest BCUT2D eigenvalue weighted by Gasteiger charge is 2.14. The summed E-state index contributed by atoms with van der Waals surface area (Å²) in [6.07, 6.45) is 0. The van der Waals surface area contributed by atoms with Crippen LogP contribution in [0.1, 0.15) is 11.1 Å². The molecular weight excluding hydrogens is 353 g/mol. The Morgan fingerprint density at radius 1 is 1.23 bits per heavy atom. The fourth-order valence-corrected chi connectivity index (χ4v) is 3.06. The summed E-state index contributed by atoms with van der Waals surface area (Å²) in [6, 6.07) is 12.0. The topological polar surface area (TPSA) is 85.8 Å². The maximum absolute atomic E-state index is 13.3. The van der Waals surface area contributed by atoms with Crippen LogP contribution in [-0.2, 0) is 4.79 Å². The van der Waals surface area contributed by atoms with Crippen LogP contribution in [0.2, 0.25) is 0 Å². The van der Waals surface area contributed by atoms with Crippen LogP contribution in [0.4, 0.5) is 10.1 Å². The Hall–Kier alpha value is -2.87. The van der Waals surface area contributed by atoms with Gasteiger partial charge in [-0.2, -0.15) is 0 Å². The van der Waals surface area contributed by atoms with Crippen LogP contribution in [0.3, 0.4) is 0 Å². The van der Waals surface area contributed by atoms with E-state index in [2.05, 4.69) is 15.5 Å². The van der Waals surface area contributed by atoms with Gasteiger partial charge in [-0.3, -0.25) is 4.79 Å². The smallest absolute Gasteiger partial charge is 0.234 e. The Kier molecular flexibility index (Phi) is 5.22. The SMILES string of the molecule is Cc1cccc(-c2nnc(SCC(=O)Nc3cc(F)ccc3C)n2N)c1. The molecule has 3 aromatic rings. The summed E-state index contributed by atoms with van der Waals surface area (Å²) in [5.41, 5.74) is 3.18. The summed E-state index contributed by atoms with van der Waals surface area (Å²) >= 11 is 1.16. The second-order valence-corrected chi connectivity index (χ2v) is 6.78. The van der Waals surface area contributed by atoms with Crippen molar-refractivity contribution in [3.05, 3.63) is 59.4 Å². The minimum Gasteiger partial charge on any atom is -0.335 e. The number of rotatable bonds is 5. The third-order valence-electron chi connectivity index (χ3n) is 3.75. The zero-order chi connectivity index (χ0) is 18.7. The number of anilines is 1. The van der Waals surface area contributed by atoms with E-state index < -0.39 is 5.82 Å². The van der Waals surface area contributed by atoms with Crippen LogP contribution >= 0.6 is 11.8 Å². The van der Waals surface area contributed by atoms with E-state index in [-0.39, 0.29) is 11.7 Å². The van der Waals surface area contributed by atoms with Gasteiger partial charge in [-0.25, -0.2) is 9.07 Å². The number of nitrogens with one attached hydrogen (secondary N) is 1. The molecule has 1 heterocycles. The number of nitrogens with zero attached hydrogens (tertiary/aromatic N) is 3. The average Bonchev–Trinajstić information content (AvgIpc) is 2.97. The van der Waals surface area contributed by atoms with Crippen LogP contribution in [0.15, 0.2) is 47.6 Å². The van der Waals surface area contributed by atoms with Crippen molar-refractivity contribution < 1.29 is 9.18 Å². The Balaban J connectivity index is 1.67. The number of carbonyl (C=O) groups excluding carboxylic acids is 1. The van der Waals surface area contributed by atoms with Gasteiger partial charge in [0.05, 0.1) is 5.75 Å². The van der Waals surface area contributed by atoms with Gasteiger partial charge in [-0.1, -0.05) is 41.6 Å². The summed E-state index contributed by atoms with van der Waals surface area (Å²) in [6.45, 7) is 3.78. The lowest BCUT2D eigenvalue weighted by molar-refractivity contribution is -0.113. The predicted molar refractivity (Wildman–Crippen MR) is 101 cm³/mol. The summed E-state index contributed by atoms with van der Waals surface area (Å²) < 4.78 is 14.7. The third kappa shape index (κ3) is 4.02. The molecule has 8 heteroatoms. The summed E-state index contributed by atoms with van der Waals surface area (Å²) in [4.78, 5) is 12.1. The molecule has 0 aliphatic rings. The van der Waals surface area contributed by atoms with Gasteiger partial charge in [0.25, 0.3) is 0 Å². The zero-order valence-electron chi connectivity index (χ0n) is 14.4. The van der Waals surface area contributed by atoms with Crippen molar-refractivity contribution in [3.8, 4) is 11.4 Å². The van der Waals surface area contributed by atoms with E-state index in [9.17, 15) is 9.18 Å². The number of nitrogens with two attached hydrogens (primary N) is 1. The van der Waals surface area contributed by atoms with Gasteiger partial charge in [0.1, 0.15) is 5.82 Å². The zero-order valence-corrected chi connectivity index (χ0v) is 15.2. The van der Waals surface area contributed by atoms with Crippen LogP contribution < -0.4 is 11.2 Å². The number of benzene rings is 2. The summed E-state index contributed by atoms with van der Waals surface area (Å²) in [7, 11) is 0. The maximum Gasteiger partial charge on any atom is 0.234 e. The first kappa shape index (κ1) is 17.9. The first-order chi connectivity index (χ1) is 12.4. The molecule has 3 rings (SSSR count). The number of hydrogen-bond acceptors (Lipinski definition) is 5. The van der Waals surface area contributed by atoms with E-state index in [1.165, 1.54) is 16.8 Å². The monoisotopic (exact) mass is 371 g/mol. The molecule has 0 aliphatic heterocycles. The fraction of sp³-hybridized carbons (Fsp3) is 0.167. The normalized spacial score (nSPS) is 10.7. The van der Waals surface area contributed by atoms with Crippen molar-refractivity contribution in [2.75, 3.05) is 16.9 Å². The van der Waals surface area contributed by atoms with Gasteiger partial charge in [0.15, 0.2) is 5.82 Å². The molecule has 0 unspecified atom stereocenters. The number of amides is 1. The van der Waals surface area contributed by atoms with Crippen molar-refractivity contribution in [1.29, 1.82) is 0 Å². The van der Waals surface area contributed by atoms with Gasteiger partial charge in [0, 0.05) is 11.3 Å². The number of nitrogen functional groups attached to an aromatic ring is 1. The molecule has 0 saturated carbocycles. The highest BCUT2D eigenvalue weighted by molar-refractivity contribution is 7.99. The first-order valence-corrected chi connectivity index (χ1v) is 8.89. The summed E-state index contributed by atoms with van der Waals surface area (Å²) in [5.74, 6) is 5.99. The highest BCUT2D eigenvalue weighted by atomic mass is 32.2. The van der Waals surface area contributed by atoms with Crippen molar-refractivity contribution in [2.45, 2.75) is 19.0 Å². The predicted octanol–water partition coefficient (Wildman–Crippen LogP) is 3.15. The number of carbonyl (C=O) groups is 1. The molecule has 134 valence electrons. The lowest BCUT2D eigenvalue weighted by Crippen LogP contribution is -2.17. The Morgan fingerprint density at radius 2 is 2.04 bits per heavy atom. The molecule has 0 bridgehead atoms. The number of thioether (sulfide) groups is 1. The Morgan fingerprint density at radius 3 is 2.81 bits per heavy atom. The third-order valence-corrected chi connectivity index (χ3v) is 4.69. The van der Waals surface area contributed by atoms with Crippen LogP contribution in [-0.4, -0.2) is 26.5 Å². The molecular formula is C18H18FN5OS. The van der Waals surface area contributed by atoms with Crippen molar-refractivity contribution in [1.82, 2.24) is 14.9 Å². The molecule has 0 aliphatic carbocycles. The van der Waals surface area contributed by atoms with E-state index in [1.54, 1.807) is 13.0 Å². The fourth-order valence-electron chi connectivity index (χ4n) is 2.40. The van der Waals surface area contributed by atoms with Crippen molar-refractivity contribution in [2.24, 2.45) is 0 Å². The lowest BCUT2D eigenvalue weighted by atomic mass is 10.1. The van der Waals surface area contributed by atoms with Gasteiger partial charge >= 0.3 is 0 Å². The van der Waals surface area contributed by atoms with Gasteiger partial charge < -0.3 is 11.2 Å². The standard InChI is InChI=1S/C18H18FN5OS/c1-11-4-3-5-13(8-11)17-22-23-18(24(17)20)26-10-16(25)21-15-9-14(19)7-6-12(15)2/h3-9H,10,20H2,1-2H3,(H,21,25). The highest BCUT2D eigenvalue weighted by Crippen LogP contribution is 2.23. The number of halogens is 1. The molecule has 6 nitrogen and oxygen atoms in total.